The standard InChI is InChI=1S/C28H31F2N3O4/c1-17(2)26-24(12-11-23-14-22(34)15-25(35)37-23)33(21-9-7-19(29)8-10-21)31-27(26)28(36)32(3)16-18-5-4-6-20(30)13-18/h4-10,13,17,22-23,34H,11-12,14-16H2,1-3H3/t22-,23-/m1/s1. The number of aliphatic hydroxyl groups excluding tert-OH is 1. The average Bonchev–Trinajstić information content (AvgIpc) is 3.22. The van der Waals surface area contributed by atoms with Crippen molar-refractivity contribution in [2.75, 3.05) is 7.05 Å². The number of aliphatic hydroxyl groups is 1. The molecular weight excluding hydrogens is 480 g/mol. The van der Waals surface area contributed by atoms with E-state index in [1.807, 2.05) is 13.8 Å². The largest absolute Gasteiger partial charge is 0.462 e. The maximum absolute atomic E-state index is 13.7. The van der Waals surface area contributed by atoms with Crippen LogP contribution < -0.4 is 0 Å². The molecule has 2 heterocycles. The molecule has 0 bridgehead atoms. The van der Waals surface area contributed by atoms with Gasteiger partial charge in [-0.25, -0.2) is 13.5 Å². The number of hydrogen-bond donors (Lipinski definition) is 1. The number of amides is 1. The number of aromatic nitrogens is 2. The molecular formula is C28H31F2N3O4. The van der Waals surface area contributed by atoms with Crippen molar-refractivity contribution in [1.82, 2.24) is 14.7 Å². The van der Waals surface area contributed by atoms with E-state index in [1.54, 1.807) is 36.0 Å². The van der Waals surface area contributed by atoms with E-state index >= 15 is 0 Å². The van der Waals surface area contributed by atoms with Gasteiger partial charge in [0.2, 0.25) is 0 Å². The van der Waals surface area contributed by atoms with Crippen LogP contribution in [0.2, 0.25) is 0 Å². The van der Waals surface area contributed by atoms with Crippen LogP contribution in [0.1, 0.15) is 66.3 Å². The first kappa shape index (κ1) is 26.5. The minimum absolute atomic E-state index is 0.0163. The SMILES string of the molecule is CC(C)c1c(C(=O)N(C)Cc2cccc(F)c2)nn(-c2ccc(F)cc2)c1CC[C@@H]1C[C@@H](O)CC(=O)O1. The lowest BCUT2D eigenvalue weighted by Gasteiger charge is -2.26. The van der Waals surface area contributed by atoms with Gasteiger partial charge in [-0.2, -0.15) is 5.10 Å². The lowest BCUT2D eigenvalue weighted by atomic mass is 9.94. The van der Waals surface area contributed by atoms with E-state index < -0.39 is 24.0 Å². The third-order valence-corrected chi connectivity index (χ3v) is 6.47. The smallest absolute Gasteiger partial charge is 0.308 e. The summed E-state index contributed by atoms with van der Waals surface area (Å²) in [5.41, 5.74) is 2.99. The van der Waals surface area contributed by atoms with Gasteiger partial charge in [-0.15, -0.1) is 0 Å². The Balaban J connectivity index is 1.70. The molecule has 1 fully saturated rings. The minimum Gasteiger partial charge on any atom is -0.462 e. The second-order valence-electron chi connectivity index (χ2n) is 9.79. The van der Waals surface area contributed by atoms with Gasteiger partial charge in [-0.1, -0.05) is 26.0 Å². The van der Waals surface area contributed by atoms with Crippen molar-refractivity contribution in [2.45, 2.75) is 64.2 Å². The molecule has 1 aliphatic heterocycles. The summed E-state index contributed by atoms with van der Waals surface area (Å²) < 4.78 is 34.4. The highest BCUT2D eigenvalue weighted by atomic mass is 19.1. The number of carbonyl (C=O) groups excluding carboxylic acids is 2. The van der Waals surface area contributed by atoms with E-state index in [-0.39, 0.29) is 36.3 Å². The highest BCUT2D eigenvalue weighted by Gasteiger charge is 2.31. The zero-order valence-electron chi connectivity index (χ0n) is 21.2. The topological polar surface area (TPSA) is 84.7 Å². The quantitative estimate of drug-likeness (QED) is 0.449. The number of esters is 1. The molecule has 2 atom stereocenters. The molecule has 7 nitrogen and oxygen atoms in total. The molecule has 3 aromatic rings. The van der Waals surface area contributed by atoms with Gasteiger partial charge >= 0.3 is 5.97 Å². The van der Waals surface area contributed by atoms with Crippen LogP contribution in [0, 0.1) is 11.6 Å². The van der Waals surface area contributed by atoms with E-state index in [1.165, 1.54) is 29.2 Å². The number of ether oxygens (including phenoxy) is 1. The molecule has 1 aromatic heterocycles. The number of hydrogen-bond acceptors (Lipinski definition) is 5. The number of rotatable bonds is 8. The number of nitrogens with zero attached hydrogens (tertiary/aromatic N) is 3. The maximum atomic E-state index is 13.7. The van der Waals surface area contributed by atoms with Crippen molar-refractivity contribution in [1.29, 1.82) is 0 Å². The summed E-state index contributed by atoms with van der Waals surface area (Å²) in [6.45, 7) is 4.12. The third-order valence-electron chi connectivity index (χ3n) is 6.47. The summed E-state index contributed by atoms with van der Waals surface area (Å²) in [4.78, 5) is 26.9. The van der Waals surface area contributed by atoms with Gasteiger partial charge in [0.15, 0.2) is 5.69 Å². The average molecular weight is 512 g/mol. The Morgan fingerprint density at radius 2 is 1.92 bits per heavy atom. The lowest BCUT2D eigenvalue weighted by Crippen LogP contribution is -2.33. The minimum atomic E-state index is -0.744. The van der Waals surface area contributed by atoms with E-state index in [0.29, 0.717) is 30.5 Å². The Hall–Kier alpha value is -3.59. The Morgan fingerprint density at radius 1 is 1.19 bits per heavy atom. The first-order valence-corrected chi connectivity index (χ1v) is 12.4. The van der Waals surface area contributed by atoms with Crippen LogP contribution >= 0.6 is 0 Å². The van der Waals surface area contributed by atoms with Crippen LogP contribution in [0.25, 0.3) is 5.69 Å². The lowest BCUT2D eigenvalue weighted by molar-refractivity contribution is -0.160. The Morgan fingerprint density at radius 3 is 2.57 bits per heavy atom. The number of cyclic esters (lactones) is 1. The molecule has 9 heteroatoms. The van der Waals surface area contributed by atoms with Crippen molar-refractivity contribution >= 4 is 11.9 Å². The molecule has 4 rings (SSSR count). The molecule has 1 aliphatic rings. The molecule has 37 heavy (non-hydrogen) atoms. The Labute approximate surface area is 214 Å². The molecule has 0 saturated carbocycles. The van der Waals surface area contributed by atoms with E-state index in [4.69, 9.17) is 4.74 Å². The molecule has 1 saturated heterocycles. The van der Waals surface area contributed by atoms with E-state index in [2.05, 4.69) is 5.10 Å². The van der Waals surface area contributed by atoms with E-state index in [0.717, 1.165) is 11.3 Å². The highest BCUT2D eigenvalue weighted by Crippen LogP contribution is 2.30. The Kier molecular flexibility index (Phi) is 8.02. The monoisotopic (exact) mass is 511 g/mol. The molecule has 2 aromatic carbocycles. The van der Waals surface area contributed by atoms with Crippen molar-refractivity contribution in [2.24, 2.45) is 0 Å². The number of halogens is 2. The van der Waals surface area contributed by atoms with Gasteiger partial charge < -0.3 is 14.7 Å². The van der Waals surface area contributed by atoms with Crippen LogP contribution in [-0.2, 0) is 22.5 Å². The van der Waals surface area contributed by atoms with Gasteiger partial charge in [0.25, 0.3) is 5.91 Å². The van der Waals surface area contributed by atoms with Crippen molar-refractivity contribution in [3.8, 4) is 5.69 Å². The third kappa shape index (κ3) is 6.22. The van der Waals surface area contributed by atoms with Crippen LogP contribution in [-0.4, -0.2) is 50.9 Å². The molecule has 0 spiro atoms. The van der Waals surface area contributed by atoms with Crippen LogP contribution in [0.4, 0.5) is 8.78 Å². The fourth-order valence-corrected chi connectivity index (χ4v) is 4.76. The molecule has 0 unspecified atom stereocenters. The summed E-state index contributed by atoms with van der Waals surface area (Å²) in [5, 5.41) is 14.7. The summed E-state index contributed by atoms with van der Waals surface area (Å²) in [6.07, 6.45) is -0.0206. The molecule has 1 N–H and O–H groups in total. The Bertz CT molecular complexity index is 1270. The normalized spacial score (nSPS) is 17.6. The maximum Gasteiger partial charge on any atom is 0.308 e. The van der Waals surface area contributed by atoms with Crippen LogP contribution in [0.5, 0.6) is 0 Å². The fourth-order valence-electron chi connectivity index (χ4n) is 4.76. The van der Waals surface area contributed by atoms with Crippen molar-refractivity contribution < 1.29 is 28.2 Å². The molecule has 1 amide bonds. The van der Waals surface area contributed by atoms with Gasteiger partial charge in [0.1, 0.15) is 17.7 Å². The predicted octanol–water partition coefficient (Wildman–Crippen LogP) is 4.55. The summed E-state index contributed by atoms with van der Waals surface area (Å²) in [6, 6.07) is 11.9. The summed E-state index contributed by atoms with van der Waals surface area (Å²) >= 11 is 0. The van der Waals surface area contributed by atoms with Crippen LogP contribution in [0.3, 0.4) is 0 Å². The number of benzene rings is 2. The van der Waals surface area contributed by atoms with Crippen LogP contribution in [0.15, 0.2) is 48.5 Å². The highest BCUT2D eigenvalue weighted by molar-refractivity contribution is 5.94. The second kappa shape index (κ2) is 11.2. The van der Waals surface area contributed by atoms with Gasteiger partial charge in [-0.05, 0) is 60.7 Å². The zero-order chi connectivity index (χ0) is 26.7. The fraction of sp³-hybridized carbons (Fsp3) is 0.393. The van der Waals surface area contributed by atoms with Gasteiger partial charge in [0, 0.05) is 31.3 Å². The molecule has 0 radical (unpaired) electrons. The summed E-state index contributed by atoms with van der Waals surface area (Å²) in [7, 11) is 1.64. The molecule has 196 valence electrons. The first-order chi connectivity index (χ1) is 17.6. The summed E-state index contributed by atoms with van der Waals surface area (Å²) in [5.74, 6) is -1.61. The van der Waals surface area contributed by atoms with Gasteiger partial charge in [0.05, 0.1) is 18.2 Å². The van der Waals surface area contributed by atoms with E-state index in [9.17, 15) is 23.5 Å². The zero-order valence-corrected chi connectivity index (χ0v) is 21.2. The second-order valence-corrected chi connectivity index (χ2v) is 9.79. The van der Waals surface area contributed by atoms with Gasteiger partial charge in [-0.3, -0.25) is 9.59 Å². The first-order valence-electron chi connectivity index (χ1n) is 12.4. The molecule has 0 aliphatic carbocycles. The van der Waals surface area contributed by atoms with Crippen molar-refractivity contribution in [3.63, 3.8) is 0 Å². The number of carbonyl (C=O) groups is 2. The van der Waals surface area contributed by atoms with Crippen molar-refractivity contribution in [3.05, 3.63) is 82.7 Å². The predicted molar refractivity (Wildman–Crippen MR) is 133 cm³/mol.